The molecule has 3 aromatic rings. The topological polar surface area (TPSA) is 119 Å². The Morgan fingerprint density at radius 2 is 2.03 bits per heavy atom. The van der Waals surface area contributed by atoms with E-state index in [1.165, 1.54) is 43.5 Å². The van der Waals surface area contributed by atoms with Gasteiger partial charge in [0.2, 0.25) is 0 Å². The van der Waals surface area contributed by atoms with Crippen molar-refractivity contribution in [1.82, 2.24) is 5.16 Å². The summed E-state index contributed by atoms with van der Waals surface area (Å²) in [6.45, 7) is 0.0472. The van der Waals surface area contributed by atoms with E-state index in [0.29, 0.717) is 5.56 Å². The van der Waals surface area contributed by atoms with Gasteiger partial charge >= 0.3 is 11.9 Å². The molecule has 0 fully saturated rings. The number of carbonyl (C=O) groups is 2. The second-order valence-electron chi connectivity index (χ2n) is 5.98. The molecule has 0 radical (unpaired) electrons. The van der Waals surface area contributed by atoms with E-state index in [4.69, 9.17) is 14.4 Å². The molecule has 2 aromatic carbocycles. The number of ether oxygens (including phenoxy) is 2. The fraction of sp³-hybridized carbons (Fsp3) is 0.0952. The average molecular weight is 413 g/mol. The zero-order valence-corrected chi connectivity index (χ0v) is 15.7. The number of nitrogens with zero attached hydrogens (tertiary/aromatic N) is 1. The lowest BCUT2D eigenvalue weighted by Gasteiger charge is -2.10. The summed E-state index contributed by atoms with van der Waals surface area (Å²) in [6, 6.07) is 9.70. The first-order chi connectivity index (χ1) is 14.4. The fourth-order valence-electron chi connectivity index (χ4n) is 2.61. The van der Waals surface area contributed by atoms with Gasteiger partial charge in [-0.15, -0.1) is 0 Å². The standard InChI is InChI=1S/C21H16FNO7/c1-28-21(27)19-16(24)5-2-6-17(19)29-9-3-4-12-7-8-14(22)13(10-12)18-11-15(20(25)26)23-30-18/h2-8,10-11,24H,9H2,1H3,(H,25,26). The van der Waals surface area contributed by atoms with Crippen LogP contribution in [0.25, 0.3) is 17.4 Å². The Morgan fingerprint density at radius 1 is 1.23 bits per heavy atom. The summed E-state index contributed by atoms with van der Waals surface area (Å²) in [5, 5.41) is 22.1. The van der Waals surface area contributed by atoms with Crippen molar-refractivity contribution in [3.63, 3.8) is 0 Å². The number of benzene rings is 2. The summed E-state index contributed by atoms with van der Waals surface area (Å²) in [7, 11) is 1.19. The molecular weight excluding hydrogens is 397 g/mol. The molecule has 0 atom stereocenters. The number of aromatic nitrogens is 1. The maximum atomic E-state index is 14.1. The number of methoxy groups -OCH3 is 1. The fourth-order valence-corrected chi connectivity index (χ4v) is 2.61. The van der Waals surface area contributed by atoms with Gasteiger partial charge in [0.05, 0.1) is 12.7 Å². The third-order valence-corrected chi connectivity index (χ3v) is 4.02. The Morgan fingerprint density at radius 3 is 2.73 bits per heavy atom. The van der Waals surface area contributed by atoms with Crippen LogP contribution >= 0.6 is 0 Å². The molecule has 0 aliphatic rings. The van der Waals surface area contributed by atoms with Crippen LogP contribution in [0.5, 0.6) is 11.5 Å². The number of carboxylic acids is 1. The van der Waals surface area contributed by atoms with E-state index in [1.807, 2.05) is 0 Å². The van der Waals surface area contributed by atoms with E-state index in [1.54, 1.807) is 12.2 Å². The molecule has 30 heavy (non-hydrogen) atoms. The van der Waals surface area contributed by atoms with Crippen LogP contribution in [0.1, 0.15) is 26.4 Å². The van der Waals surface area contributed by atoms with E-state index < -0.39 is 17.8 Å². The summed E-state index contributed by atoms with van der Waals surface area (Å²) >= 11 is 0. The number of esters is 1. The minimum Gasteiger partial charge on any atom is -0.507 e. The molecule has 2 N–H and O–H groups in total. The molecule has 0 saturated heterocycles. The number of hydrogen-bond acceptors (Lipinski definition) is 7. The molecule has 154 valence electrons. The molecular formula is C21H16FNO7. The summed E-state index contributed by atoms with van der Waals surface area (Å²) in [5.74, 6) is -2.74. The first-order valence-electron chi connectivity index (χ1n) is 8.60. The molecule has 8 nitrogen and oxygen atoms in total. The SMILES string of the molecule is COC(=O)c1c(O)cccc1OCC=Cc1ccc(F)c(-c2cc(C(=O)O)no2)c1. The zero-order chi connectivity index (χ0) is 21.7. The van der Waals surface area contributed by atoms with Crippen LogP contribution in [0.3, 0.4) is 0 Å². The van der Waals surface area contributed by atoms with Crippen molar-refractivity contribution in [2.24, 2.45) is 0 Å². The zero-order valence-electron chi connectivity index (χ0n) is 15.7. The van der Waals surface area contributed by atoms with Crippen molar-refractivity contribution < 1.29 is 38.2 Å². The van der Waals surface area contributed by atoms with E-state index in [0.717, 1.165) is 6.07 Å². The first kappa shape index (κ1) is 20.6. The van der Waals surface area contributed by atoms with Gasteiger partial charge in [-0.2, -0.15) is 0 Å². The average Bonchev–Trinajstić information content (AvgIpc) is 3.22. The van der Waals surface area contributed by atoms with Crippen LogP contribution in [0.15, 0.2) is 53.1 Å². The maximum absolute atomic E-state index is 14.1. The number of rotatable bonds is 7. The second kappa shape index (κ2) is 8.91. The van der Waals surface area contributed by atoms with Crippen LogP contribution in [0.4, 0.5) is 4.39 Å². The predicted molar refractivity (Wildman–Crippen MR) is 103 cm³/mol. The molecule has 1 aromatic heterocycles. The summed E-state index contributed by atoms with van der Waals surface area (Å²) in [5.41, 5.74) is 0.231. The maximum Gasteiger partial charge on any atom is 0.358 e. The lowest BCUT2D eigenvalue weighted by molar-refractivity contribution is 0.0592. The van der Waals surface area contributed by atoms with Crippen molar-refractivity contribution in [3.05, 3.63) is 71.2 Å². The van der Waals surface area contributed by atoms with Crippen molar-refractivity contribution >= 4 is 18.0 Å². The number of aromatic hydroxyl groups is 1. The lowest BCUT2D eigenvalue weighted by Crippen LogP contribution is -2.06. The highest BCUT2D eigenvalue weighted by molar-refractivity contribution is 5.95. The van der Waals surface area contributed by atoms with Crippen molar-refractivity contribution in [2.45, 2.75) is 0 Å². The monoisotopic (exact) mass is 413 g/mol. The van der Waals surface area contributed by atoms with E-state index in [2.05, 4.69) is 9.89 Å². The predicted octanol–water partition coefficient (Wildman–Crippen LogP) is 3.76. The number of aromatic carboxylic acids is 1. The largest absolute Gasteiger partial charge is 0.507 e. The smallest absolute Gasteiger partial charge is 0.358 e. The Hall–Kier alpha value is -4.14. The molecule has 0 aliphatic heterocycles. The van der Waals surface area contributed by atoms with E-state index in [-0.39, 0.29) is 40.7 Å². The van der Waals surface area contributed by atoms with Crippen molar-refractivity contribution in [2.75, 3.05) is 13.7 Å². The number of hydrogen-bond donors (Lipinski definition) is 2. The molecule has 9 heteroatoms. The number of phenolic OH excluding ortho intramolecular Hbond substituents is 1. The summed E-state index contributed by atoms with van der Waals surface area (Å²) in [6.07, 6.45) is 3.25. The van der Waals surface area contributed by atoms with Gasteiger partial charge in [-0.1, -0.05) is 23.4 Å². The quantitative estimate of drug-likeness (QED) is 0.562. The van der Waals surface area contributed by atoms with E-state index in [9.17, 15) is 19.1 Å². The highest BCUT2D eigenvalue weighted by atomic mass is 19.1. The minimum atomic E-state index is -1.28. The Labute approximate surface area is 169 Å². The van der Waals surface area contributed by atoms with Gasteiger partial charge in [0.1, 0.15) is 29.5 Å². The van der Waals surface area contributed by atoms with Crippen LogP contribution < -0.4 is 4.74 Å². The molecule has 0 unspecified atom stereocenters. The lowest BCUT2D eigenvalue weighted by atomic mass is 10.1. The van der Waals surface area contributed by atoms with Crippen LogP contribution in [0.2, 0.25) is 0 Å². The molecule has 0 spiro atoms. The second-order valence-corrected chi connectivity index (χ2v) is 5.98. The van der Waals surface area contributed by atoms with Gasteiger partial charge in [0, 0.05) is 6.07 Å². The molecule has 0 aliphatic carbocycles. The molecule has 0 saturated carbocycles. The Bertz CT molecular complexity index is 1120. The Balaban J connectivity index is 1.74. The minimum absolute atomic E-state index is 0.0149. The summed E-state index contributed by atoms with van der Waals surface area (Å²) in [4.78, 5) is 22.7. The normalized spacial score (nSPS) is 10.9. The van der Waals surface area contributed by atoms with Crippen LogP contribution in [-0.2, 0) is 4.74 Å². The van der Waals surface area contributed by atoms with Crippen molar-refractivity contribution in [1.29, 1.82) is 0 Å². The van der Waals surface area contributed by atoms with Gasteiger partial charge in [0.15, 0.2) is 11.5 Å². The van der Waals surface area contributed by atoms with Crippen molar-refractivity contribution in [3.8, 4) is 22.8 Å². The third kappa shape index (κ3) is 4.46. The highest BCUT2D eigenvalue weighted by Crippen LogP contribution is 2.28. The van der Waals surface area contributed by atoms with Gasteiger partial charge in [0.25, 0.3) is 0 Å². The van der Waals surface area contributed by atoms with Gasteiger partial charge < -0.3 is 24.2 Å². The van der Waals surface area contributed by atoms with Gasteiger partial charge in [-0.05, 0) is 35.9 Å². The first-order valence-corrected chi connectivity index (χ1v) is 8.60. The number of phenols is 1. The van der Waals surface area contributed by atoms with E-state index >= 15 is 0 Å². The highest BCUT2D eigenvalue weighted by Gasteiger charge is 2.18. The molecule has 1 heterocycles. The number of carbonyl (C=O) groups excluding carboxylic acids is 1. The third-order valence-electron chi connectivity index (χ3n) is 4.02. The summed E-state index contributed by atoms with van der Waals surface area (Å²) < 4.78 is 29.2. The van der Waals surface area contributed by atoms with Crippen LogP contribution in [-0.4, -0.2) is 41.0 Å². The molecule has 3 rings (SSSR count). The molecule has 0 bridgehead atoms. The molecule has 0 amide bonds. The Kier molecular flexibility index (Phi) is 6.11. The van der Waals surface area contributed by atoms with Crippen LogP contribution in [0, 0.1) is 5.82 Å². The van der Waals surface area contributed by atoms with Gasteiger partial charge in [-0.3, -0.25) is 0 Å². The number of halogens is 1. The van der Waals surface area contributed by atoms with Gasteiger partial charge in [-0.25, -0.2) is 14.0 Å². The number of carboxylic acid groups (broad SMARTS) is 1.